The van der Waals surface area contributed by atoms with Crippen LogP contribution in [0.2, 0.25) is 0 Å². The van der Waals surface area contributed by atoms with Crippen molar-refractivity contribution in [3.8, 4) is 0 Å². The van der Waals surface area contributed by atoms with E-state index in [-0.39, 0.29) is 0 Å². The largest absolute Gasteiger partial charge is 0.0801 e. The first-order valence-corrected chi connectivity index (χ1v) is 7.08. The van der Waals surface area contributed by atoms with Crippen molar-refractivity contribution in [2.24, 2.45) is 0 Å². The van der Waals surface area contributed by atoms with Gasteiger partial charge in [0.05, 0.1) is 0 Å². The molecule has 0 saturated heterocycles. The van der Waals surface area contributed by atoms with Crippen LogP contribution < -0.4 is 0 Å². The molecule has 0 aromatic heterocycles. The van der Waals surface area contributed by atoms with Gasteiger partial charge in [-0.3, -0.25) is 0 Å². The van der Waals surface area contributed by atoms with Gasteiger partial charge in [0.2, 0.25) is 0 Å². The molecule has 0 nitrogen and oxygen atoms in total. The van der Waals surface area contributed by atoms with Crippen LogP contribution in [0.1, 0.15) is 24.0 Å². The van der Waals surface area contributed by atoms with Crippen LogP contribution >= 0.6 is 0 Å². The Bertz CT molecular complexity index is 585. The molecule has 0 spiro atoms. The third-order valence-electron chi connectivity index (χ3n) is 3.52. The molecule has 0 radical (unpaired) electrons. The van der Waals surface area contributed by atoms with E-state index < -0.39 is 0 Å². The highest BCUT2D eigenvalue weighted by molar-refractivity contribution is 5.59. The summed E-state index contributed by atoms with van der Waals surface area (Å²) in [6.45, 7) is 0. The molecular weight excluding hydrogens is 240 g/mol. The molecule has 1 aromatic rings. The Kier molecular flexibility index (Phi) is 3.93. The van der Waals surface area contributed by atoms with Crippen LogP contribution in [0.5, 0.6) is 0 Å². The third kappa shape index (κ3) is 3.36. The van der Waals surface area contributed by atoms with E-state index >= 15 is 0 Å². The Morgan fingerprint density at radius 3 is 1.40 bits per heavy atom. The quantitative estimate of drug-likeness (QED) is 0.670. The Morgan fingerprint density at radius 2 is 1.05 bits per heavy atom. The summed E-state index contributed by atoms with van der Waals surface area (Å²) in [4.78, 5) is 0. The van der Waals surface area contributed by atoms with Gasteiger partial charge in [0.1, 0.15) is 0 Å². The third-order valence-corrected chi connectivity index (χ3v) is 3.52. The van der Waals surface area contributed by atoms with Crippen molar-refractivity contribution in [3.63, 3.8) is 0 Å². The Hall–Kier alpha value is -2.34. The summed E-state index contributed by atoms with van der Waals surface area (Å²) in [5.41, 5.74) is 5.23. The van der Waals surface area contributed by atoms with Crippen LogP contribution in [-0.4, -0.2) is 0 Å². The molecular formula is C20H18. The summed E-state index contributed by atoms with van der Waals surface area (Å²) in [7, 11) is 0. The molecule has 0 bridgehead atoms. The van der Waals surface area contributed by atoms with Crippen LogP contribution in [-0.2, 0) is 0 Å². The molecule has 0 fully saturated rings. The summed E-state index contributed by atoms with van der Waals surface area (Å²) in [5, 5.41) is 0. The lowest BCUT2D eigenvalue weighted by Gasteiger charge is -1.97. The number of benzene rings is 1. The molecule has 3 rings (SSSR count). The van der Waals surface area contributed by atoms with Gasteiger partial charge in [-0.15, -0.1) is 0 Å². The first kappa shape index (κ1) is 12.7. The lowest BCUT2D eigenvalue weighted by Crippen LogP contribution is -1.76. The van der Waals surface area contributed by atoms with Gasteiger partial charge in [0.15, 0.2) is 0 Å². The highest BCUT2D eigenvalue weighted by atomic mass is 14.0. The molecule has 0 saturated carbocycles. The van der Waals surface area contributed by atoms with Gasteiger partial charge in [-0.1, -0.05) is 85.0 Å². The van der Waals surface area contributed by atoms with E-state index in [0.717, 1.165) is 12.8 Å². The van der Waals surface area contributed by atoms with Gasteiger partial charge in [-0.2, -0.15) is 0 Å². The van der Waals surface area contributed by atoms with Crippen molar-refractivity contribution in [1.29, 1.82) is 0 Å². The van der Waals surface area contributed by atoms with Crippen molar-refractivity contribution >= 4 is 12.2 Å². The Balaban J connectivity index is 1.62. The second-order valence-corrected chi connectivity index (χ2v) is 5.08. The Morgan fingerprint density at radius 1 is 0.600 bits per heavy atom. The van der Waals surface area contributed by atoms with E-state index in [4.69, 9.17) is 0 Å². The van der Waals surface area contributed by atoms with Crippen molar-refractivity contribution < 1.29 is 0 Å². The van der Waals surface area contributed by atoms with Crippen LogP contribution in [0, 0.1) is 0 Å². The molecule has 2 aliphatic rings. The van der Waals surface area contributed by atoms with E-state index in [1.807, 2.05) is 0 Å². The smallest absolute Gasteiger partial charge is 0.00943 e. The SMILES string of the molecule is C1=CCC(/C=C/c2ccc(/C=C/C3=CC=CC3)cc2)=C1. The summed E-state index contributed by atoms with van der Waals surface area (Å²) < 4.78 is 0. The van der Waals surface area contributed by atoms with Crippen LogP contribution in [0.3, 0.4) is 0 Å². The van der Waals surface area contributed by atoms with Crippen LogP contribution in [0.25, 0.3) is 12.2 Å². The monoisotopic (exact) mass is 258 g/mol. The second kappa shape index (κ2) is 6.21. The molecule has 1 aromatic carbocycles. The summed E-state index contributed by atoms with van der Waals surface area (Å²) in [6.07, 6.45) is 23.8. The molecule has 98 valence electrons. The maximum absolute atomic E-state index is 2.19. The average molecular weight is 258 g/mol. The zero-order valence-corrected chi connectivity index (χ0v) is 11.5. The van der Waals surface area contributed by atoms with E-state index in [0.29, 0.717) is 0 Å². The molecule has 0 heterocycles. The van der Waals surface area contributed by atoms with E-state index in [2.05, 4.69) is 85.0 Å². The molecule has 2 aliphatic carbocycles. The maximum Gasteiger partial charge on any atom is -0.00943 e. The van der Waals surface area contributed by atoms with Crippen molar-refractivity contribution in [2.45, 2.75) is 12.8 Å². The van der Waals surface area contributed by atoms with Gasteiger partial charge < -0.3 is 0 Å². The first-order chi connectivity index (χ1) is 9.90. The number of hydrogen-bond donors (Lipinski definition) is 0. The lowest BCUT2D eigenvalue weighted by atomic mass is 10.1. The fourth-order valence-corrected chi connectivity index (χ4v) is 2.30. The minimum Gasteiger partial charge on any atom is -0.0801 e. The topological polar surface area (TPSA) is 0 Å². The highest BCUT2D eigenvalue weighted by Crippen LogP contribution is 2.16. The van der Waals surface area contributed by atoms with Crippen LogP contribution in [0.15, 0.2) is 84.0 Å². The number of rotatable bonds is 4. The summed E-state index contributed by atoms with van der Waals surface area (Å²) in [5.74, 6) is 0. The molecule has 0 aliphatic heterocycles. The molecule has 0 amide bonds. The van der Waals surface area contributed by atoms with E-state index in [9.17, 15) is 0 Å². The maximum atomic E-state index is 2.19. The fraction of sp³-hybridized carbons (Fsp3) is 0.100. The molecule has 0 heteroatoms. The normalized spacial score (nSPS) is 17.4. The van der Waals surface area contributed by atoms with Crippen molar-refractivity contribution in [2.75, 3.05) is 0 Å². The molecule has 0 unspecified atom stereocenters. The Labute approximate surface area is 120 Å². The number of hydrogen-bond acceptors (Lipinski definition) is 0. The predicted molar refractivity (Wildman–Crippen MR) is 88.2 cm³/mol. The minimum absolute atomic E-state index is 1.06. The van der Waals surface area contributed by atoms with Gasteiger partial charge in [0.25, 0.3) is 0 Å². The van der Waals surface area contributed by atoms with E-state index in [1.54, 1.807) is 0 Å². The summed E-state index contributed by atoms with van der Waals surface area (Å²) in [6, 6.07) is 8.67. The van der Waals surface area contributed by atoms with Gasteiger partial charge in [0, 0.05) is 0 Å². The van der Waals surface area contributed by atoms with Crippen molar-refractivity contribution in [3.05, 3.63) is 95.1 Å². The predicted octanol–water partition coefficient (Wildman–Crippen LogP) is 5.49. The fourth-order valence-electron chi connectivity index (χ4n) is 2.30. The second-order valence-electron chi connectivity index (χ2n) is 5.08. The summed E-state index contributed by atoms with van der Waals surface area (Å²) >= 11 is 0. The number of allylic oxidation sites excluding steroid dienone is 10. The van der Waals surface area contributed by atoms with E-state index in [1.165, 1.54) is 22.3 Å². The van der Waals surface area contributed by atoms with Gasteiger partial charge >= 0.3 is 0 Å². The zero-order valence-electron chi connectivity index (χ0n) is 11.5. The zero-order chi connectivity index (χ0) is 13.6. The molecule has 20 heavy (non-hydrogen) atoms. The lowest BCUT2D eigenvalue weighted by molar-refractivity contribution is 1.34. The molecule has 0 atom stereocenters. The average Bonchev–Trinajstić information content (AvgIpc) is 3.17. The highest BCUT2D eigenvalue weighted by Gasteiger charge is 1.95. The van der Waals surface area contributed by atoms with Gasteiger partial charge in [-0.25, -0.2) is 0 Å². The van der Waals surface area contributed by atoms with Crippen LogP contribution in [0.4, 0.5) is 0 Å². The first-order valence-electron chi connectivity index (χ1n) is 7.08. The minimum atomic E-state index is 1.06. The standard InChI is InChI=1S/C20H18/c1-2-6-17(5-1)9-11-19-13-15-20(16-14-19)12-10-18-7-3-4-8-18/h1-5,7,9-16H,6,8H2/b11-9+,12-10+. The van der Waals surface area contributed by atoms with Crippen molar-refractivity contribution in [1.82, 2.24) is 0 Å². The molecule has 0 N–H and O–H groups in total. The van der Waals surface area contributed by atoms with Gasteiger partial charge in [-0.05, 0) is 35.1 Å².